The van der Waals surface area contributed by atoms with E-state index >= 15 is 0 Å². The van der Waals surface area contributed by atoms with Gasteiger partial charge in [-0.05, 0) is 44.4 Å². The molecule has 2 fully saturated rings. The van der Waals surface area contributed by atoms with Gasteiger partial charge in [0.05, 0.1) is 25.4 Å². The van der Waals surface area contributed by atoms with E-state index in [9.17, 15) is 5.11 Å². The number of morpholine rings is 1. The van der Waals surface area contributed by atoms with E-state index in [-0.39, 0.29) is 24.0 Å². The maximum absolute atomic E-state index is 10.8. The fourth-order valence-corrected chi connectivity index (χ4v) is 3.76. The molecule has 3 heterocycles. The van der Waals surface area contributed by atoms with E-state index in [1.54, 1.807) is 0 Å². The van der Waals surface area contributed by atoms with Gasteiger partial charge in [-0.1, -0.05) is 0 Å². The molecule has 0 saturated carbocycles. The maximum Gasteiger partial charge on any atom is 0.191 e. The zero-order chi connectivity index (χ0) is 20.5. The molecule has 0 radical (unpaired) electrons. The minimum atomic E-state index is -0.840. The van der Waals surface area contributed by atoms with Crippen LogP contribution in [-0.2, 0) is 11.3 Å². The predicted octanol–water partition coefficient (Wildman–Crippen LogP) is 1.44. The van der Waals surface area contributed by atoms with Crippen molar-refractivity contribution < 1.29 is 9.84 Å². The number of aliphatic hydroxyl groups is 1. The number of ether oxygens (including phenoxy) is 1. The number of pyridine rings is 1. The fraction of sp³-hybridized carbons (Fsp3) is 0.714. The molecule has 2 saturated heterocycles. The Hall–Kier alpha value is -1.17. The van der Waals surface area contributed by atoms with Gasteiger partial charge in [0, 0.05) is 52.0 Å². The molecule has 8 nitrogen and oxygen atoms in total. The van der Waals surface area contributed by atoms with E-state index in [2.05, 4.69) is 31.5 Å². The average molecular weight is 532 g/mol. The number of aliphatic imine (C=N–C) groups is 1. The first-order chi connectivity index (χ1) is 14.1. The largest absolute Gasteiger partial charge is 0.387 e. The highest BCUT2D eigenvalue weighted by Gasteiger charge is 2.25. The lowest BCUT2D eigenvalue weighted by Crippen LogP contribution is -2.52. The van der Waals surface area contributed by atoms with E-state index < -0.39 is 5.60 Å². The van der Waals surface area contributed by atoms with Gasteiger partial charge in [0.25, 0.3) is 0 Å². The number of β-amino-alcohol motifs (C(OH)–C–C–N with tert-alkyl or cyclic N) is 1. The molecule has 2 aliphatic rings. The van der Waals surface area contributed by atoms with Crippen LogP contribution in [0.3, 0.4) is 0 Å². The van der Waals surface area contributed by atoms with Crippen molar-refractivity contribution in [3.05, 3.63) is 23.9 Å². The second-order valence-corrected chi connectivity index (χ2v) is 8.15. The molecular weight excluding hydrogens is 495 g/mol. The topological polar surface area (TPSA) is 85.2 Å². The number of hydrogen-bond donors (Lipinski definition) is 3. The van der Waals surface area contributed by atoms with Crippen LogP contribution in [0.25, 0.3) is 0 Å². The van der Waals surface area contributed by atoms with Crippen LogP contribution in [-0.4, -0.2) is 85.6 Å². The molecule has 30 heavy (non-hydrogen) atoms. The van der Waals surface area contributed by atoms with Gasteiger partial charge in [-0.2, -0.15) is 0 Å². The van der Waals surface area contributed by atoms with Crippen LogP contribution in [0.15, 0.2) is 23.3 Å². The van der Waals surface area contributed by atoms with Crippen molar-refractivity contribution in [2.75, 3.05) is 63.9 Å². The van der Waals surface area contributed by atoms with E-state index in [1.807, 2.05) is 26.1 Å². The molecule has 0 amide bonds. The first kappa shape index (κ1) is 25.1. The number of halogens is 1. The molecule has 1 aromatic rings. The van der Waals surface area contributed by atoms with E-state index in [4.69, 9.17) is 9.73 Å². The van der Waals surface area contributed by atoms with Crippen LogP contribution < -0.4 is 15.5 Å². The number of anilines is 1. The van der Waals surface area contributed by atoms with Gasteiger partial charge >= 0.3 is 0 Å². The molecule has 0 aromatic carbocycles. The molecule has 2 aliphatic heterocycles. The zero-order valence-corrected chi connectivity index (χ0v) is 20.6. The van der Waals surface area contributed by atoms with Crippen molar-refractivity contribution in [2.45, 2.75) is 38.8 Å². The predicted molar refractivity (Wildman–Crippen MR) is 132 cm³/mol. The van der Waals surface area contributed by atoms with Crippen LogP contribution in [0.1, 0.15) is 32.3 Å². The number of nitrogens with one attached hydrogen (secondary N) is 2. The maximum atomic E-state index is 10.8. The summed E-state index contributed by atoms with van der Waals surface area (Å²) in [5, 5.41) is 17.3. The summed E-state index contributed by atoms with van der Waals surface area (Å²) in [6, 6.07) is 4.15. The molecule has 0 aliphatic carbocycles. The quantitative estimate of drug-likeness (QED) is 0.266. The van der Waals surface area contributed by atoms with Gasteiger partial charge in [0.15, 0.2) is 5.96 Å². The summed E-state index contributed by atoms with van der Waals surface area (Å²) in [5.41, 5.74) is 0.298. The number of rotatable bonds is 8. The molecule has 1 atom stereocenters. The molecule has 170 valence electrons. The third kappa shape index (κ3) is 8.16. The van der Waals surface area contributed by atoms with Gasteiger partial charge in [-0.3, -0.25) is 4.90 Å². The van der Waals surface area contributed by atoms with Crippen molar-refractivity contribution in [3.63, 3.8) is 0 Å². The van der Waals surface area contributed by atoms with Gasteiger partial charge < -0.3 is 25.4 Å². The van der Waals surface area contributed by atoms with E-state index in [1.165, 1.54) is 12.8 Å². The van der Waals surface area contributed by atoms with Gasteiger partial charge in [0.1, 0.15) is 5.82 Å². The standard InChI is InChI=1S/C21H36N6O2.HI/c1-3-22-20(25-16-21(2,28)17-26-10-12-29-13-11-26)24-15-18-6-7-23-19(14-18)27-8-4-5-9-27;/h6-7,14,28H,3-5,8-13,15-17H2,1-2H3,(H2,22,24,25);1H. The van der Waals surface area contributed by atoms with Crippen LogP contribution in [0, 0.1) is 0 Å². The van der Waals surface area contributed by atoms with Gasteiger partial charge in [-0.25, -0.2) is 9.98 Å². The Kier molecular flexibility index (Phi) is 10.6. The second-order valence-electron chi connectivity index (χ2n) is 8.15. The minimum absolute atomic E-state index is 0. The summed E-state index contributed by atoms with van der Waals surface area (Å²) >= 11 is 0. The number of nitrogens with zero attached hydrogens (tertiary/aromatic N) is 4. The summed E-state index contributed by atoms with van der Waals surface area (Å²) < 4.78 is 5.38. The Labute approximate surface area is 197 Å². The monoisotopic (exact) mass is 532 g/mol. The molecule has 0 spiro atoms. The summed E-state index contributed by atoms with van der Waals surface area (Å²) in [6.45, 7) is 11.7. The van der Waals surface area contributed by atoms with Crippen molar-refractivity contribution in [2.24, 2.45) is 4.99 Å². The van der Waals surface area contributed by atoms with Gasteiger partial charge in [0.2, 0.25) is 0 Å². The third-order valence-electron chi connectivity index (χ3n) is 5.31. The Morgan fingerprint density at radius 2 is 1.97 bits per heavy atom. The van der Waals surface area contributed by atoms with Crippen LogP contribution >= 0.6 is 24.0 Å². The van der Waals surface area contributed by atoms with Crippen LogP contribution in [0.4, 0.5) is 5.82 Å². The summed E-state index contributed by atoms with van der Waals surface area (Å²) in [5.74, 6) is 1.76. The van der Waals surface area contributed by atoms with Crippen LogP contribution in [0.5, 0.6) is 0 Å². The highest BCUT2D eigenvalue weighted by Crippen LogP contribution is 2.18. The Morgan fingerprint density at radius 1 is 1.23 bits per heavy atom. The average Bonchev–Trinajstić information content (AvgIpc) is 3.26. The van der Waals surface area contributed by atoms with E-state index in [0.717, 1.165) is 57.3 Å². The zero-order valence-electron chi connectivity index (χ0n) is 18.3. The first-order valence-corrected chi connectivity index (χ1v) is 10.8. The van der Waals surface area contributed by atoms with Crippen molar-refractivity contribution in [3.8, 4) is 0 Å². The van der Waals surface area contributed by atoms with Crippen molar-refractivity contribution in [1.82, 2.24) is 20.5 Å². The SMILES string of the molecule is CCNC(=NCc1ccnc(N2CCCC2)c1)NCC(C)(O)CN1CCOCC1.I. The molecule has 9 heteroatoms. The molecular formula is C21H37IN6O2. The van der Waals surface area contributed by atoms with Crippen molar-refractivity contribution >= 4 is 35.8 Å². The molecule has 3 N–H and O–H groups in total. The highest BCUT2D eigenvalue weighted by atomic mass is 127. The normalized spacial score (nSPS) is 19.8. The Bertz CT molecular complexity index is 661. The molecule has 3 rings (SSSR count). The second kappa shape index (κ2) is 12.6. The third-order valence-corrected chi connectivity index (χ3v) is 5.31. The minimum Gasteiger partial charge on any atom is -0.387 e. The smallest absolute Gasteiger partial charge is 0.191 e. The number of aromatic nitrogens is 1. The molecule has 1 unspecified atom stereocenters. The summed E-state index contributed by atoms with van der Waals surface area (Å²) in [6.07, 6.45) is 4.35. The van der Waals surface area contributed by atoms with E-state index in [0.29, 0.717) is 25.6 Å². The fourth-order valence-electron chi connectivity index (χ4n) is 3.76. The molecule has 1 aromatic heterocycles. The molecule has 0 bridgehead atoms. The lowest BCUT2D eigenvalue weighted by molar-refractivity contribution is -0.0201. The summed E-state index contributed by atoms with van der Waals surface area (Å²) in [7, 11) is 0. The number of guanidine groups is 1. The Morgan fingerprint density at radius 3 is 2.67 bits per heavy atom. The van der Waals surface area contributed by atoms with Crippen LogP contribution in [0.2, 0.25) is 0 Å². The number of hydrogen-bond acceptors (Lipinski definition) is 6. The lowest BCUT2D eigenvalue weighted by atomic mass is 10.1. The summed E-state index contributed by atoms with van der Waals surface area (Å²) in [4.78, 5) is 13.8. The first-order valence-electron chi connectivity index (χ1n) is 10.8. The Balaban J connectivity index is 0.00000320. The highest BCUT2D eigenvalue weighted by molar-refractivity contribution is 14.0. The lowest BCUT2D eigenvalue weighted by Gasteiger charge is -2.34. The van der Waals surface area contributed by atoms with Crippen molar-refractivity contribution in [1.29, 1.82) is 0 Å². The van der Waals surface area contributed by atoms with Gasteiger partial charge in [-0.15, -0.1) is 24.0 Å².